The van der Waals surface area contributed by atoms with Crippen molar-refractivity contribution in [2.24, 2.45) is 0 Å². The van der Waals surface area contributed by atoms with Gasteiger partial charge < -0.3 is 15.4 Å². The van der Waals surface area contributed by atoms with Gasteiger partial charge in [0.15, 0.2) is 0 Å². The molecule has 0 aliphatic rings. The molecule has 0 heterocycles. The van der Waals surface area contributed by atoms with Crippen LogP contribution in [0, 0.1) is 0 Å². The van der Waals surface area contributed by atoms with Gasteiger partial charge in [-0.1, -0.05) is 18.2 Å². The summed E-state index contributed by atoms with van der Waals surface area (Å²) < 4.78 is 42.8. The number of benzene rings is 2. The molecule has 0 bridgehead atoms. The van der Waals surface area contributed by atoms with Crippen LogP contribution in [0.4, 0.5) is 23.7 Å². The van der Waals surface area contributed by atoms with Crippen molar-refractivity contribution in [3.8, 4) is 5.75 Å². The lowest BCUT2D eigenvalue weighted by molar-refractivity contribution is -0.137. The molecule has 2 N–H and O–H groups in total. The van der Waals surface area contributed by atoms with Crippen molar-refractivity contribution in [2.45, 2.75) is 12.6 Å². The van der Waals surface area contributed by atoms with Crippen LogP contribution < -0.4 is 15.4 Å². The molecule has 24 heavy (non-hydrogen) atoms. The van der Waals surface area contributed by atoms with Gasteiger partial charge in [0.05, 0.1) is 12.2 Å². The highest BCUT2D eigenvalue weighted by Gasteiger charge is 2.29. The molecule has 0 radical (unpaired) electrons. The largest absolute Gasteiger partial charge is 0.494 e. The number of hydrogen-bond acceptors (Lipinski definition) is 2. The Labute approximate surface area is 137 Å². The van der Waals surface area contributed by atoms with E-state index in [1.807, 2.05) is 30.3 Å². The fourth-order valence-electron chi connectivity index (χ4n) is 1.90. The topological polar surface area (TPSA) is 50.4 Å². The van der Waals surface area contributed by atoms with E-state index < -0.39 is 17.8 Å². The molecule has 2 rings (SSSR count). The number of ether oxygens (including phenoxy) is 1. The Morgan fingerprint density at radius 2 is 1.67 bits per heavy atom. The minimum Gasteiger partial charge on any atom is -0.494 e. The van der Waals surface area contributed by atoms with Crippen LogP contribution in [0.15, 0.2) is 54.6 Å². The molecular formula is C17H17F3N2O2. The number of rotatable bonds is 6. The number of para-hydroxylation sites is 1. The Bertz CT molecular complexity index is 643. The molecule has 128 valence electrons. The van der Waals surface area contributed by atoms with Gasteiger partial charge in [-0.05, 0) is 42.8 Å². The second-order valence-corrected chi connectivity index (χ2v) is 4.97. The van der Waals surface area contributed by atoms with E-state index in [9.17, 15) is 18.0 Å². The third-order valence-electron chi connectivity index (χ3n) is 3.09. The highest BCUT2D eigenvalue weighted by atomic mass is 19.4. The Balaban J connectivity index is 1.66. The highest BCUT2D eigenvalue weighted by molar-refractivity contribution is 5.89. The van der Waals surface area contributed by atoms with E-state index in [0.29, 0.717) is 25.3 Å². The van der Waals surface area contributed by atoms with E-state index in [-0.39, 0.29) is 0 Å². The summed E-state index contributed by atoms with van der Waals surface area (Å²) in [5.74, 6) is 0.756. The van der Waals surface area contributed by atoms with E-state index >= 15 is 0 Å². The molecule has 2 amide bonds. The molecule has 2 aromatic rings. The molecule has 0 atom stereocenters. The first-order valence-electron chi connectivity index (χ1n) is 7.35. The Morgan fingerprint density at radius 1 is 1.00 bits per heavy atom. The van der Waals surface area contributed by atoms with Crippen LogP contribution in [0.25, 0.3) is 0 Å². The van der Waals surface area contributed by atoms with Crippen LogP contribution in [-0.4, -0.2) is 19.2 Å². The minimum absolute atomic E-state index is 0.293. The SMILES string of the molecule is O=C(NCCCOc1ccccc1)Nc1ccc(C(F)(F)F)cc1. The quantitative estimate of drug-likeness (QED) is 0.772. The maximum atomic E-state index is 12.4. The smallest absolute Gasteiger partial charge is 0.416 e. The standard InChI is InChI=1S/C17H17F3N2O2/c18-17(19,20)13-7-9-14(10-8-13)22-16(23)21-11-4-12-24-15-5-2-1-3-6-15/h1-3,5-10H,4,11-12H2,(H2,21,22,23). The number of amides is 2. The first-order chi connectivity index (χ1) is 11.4. The summed E-state index contributed by atoms with van der Waals surface area (Å²) in [6, 6.07) is 13.1. The molecule has 0 unspecified atom stereocenters. The van der Waals surface area contributed by atoms with Gasteiger partial charge in [0, 0.05) is 12.2 Å². The zero-order valence-corrected chi connectivity index (χ0v) is 12.8. The number of urea groups is 1. The lowest BCUT2D eigenvalue weighted by Crippen LogP contribution is -2.30. The second-order valence-electron chi connectivity index (χ2n) is 4.97. The van der Waals surface area contributed by atoms with Gasteiger partial charge in [0.1, 0.15) is 5.75 Å². The first-order valence-corrected chi connectivity index (χ1v) is 7.35. The predicted octanol–water partition coefficient (Wildman–Crippen LogP) is 4.30. The molecule has 0 aliphatic heterocycles. The molecule has 7 heteroatoms. The van der Waals surface area contributed by atoms with Crippen molar-refractivity contribution in [1.82, 2.24) is 5.32 Å². The first kappa shape index (κ1) is 17.7. The Morgan fingerprint density at radius 3 is 2.29 bits per heavy atom. The number of alkyl halides is 3. The molecule has 0 fully saturated rings. The van der Waals surface area contributed by atoms with Gasteiger partial charge in [-0.3, -0.25) is 0 Å². The second kappa shape index (κ2) is 8.24. The third-order valence-corrected chi connectivity index (χ3v) is 3.09. The summed E-state index contributed by atoms with van der Waals surface area (Å²) in [4.78, 5) is 11.6. The van der Waals surface area contributed by atoms with Gasteiger partial charge in [-0.2, -0.15) is 13.2 Å². The molecule has 0 aliphatic carbocycles. The molecule has 0 aromatic heterocycles. The normalized spacial score (nSPS) is 11.0. The van der Waals surface area contributed by atoms with Crippen LogP contribution >= 0.6 is 0 Å². The molecule has 2 aromatic carbocycles. The van der Waals surface area contributed by atoms with E-state index in [1.54, 1.807) is 0 Å². The van der Waals surface area contributed by atoms with Gasteiger partial charge in [-0.15, -0.1) is 0 Å². The predicted molar refractivity (Wildman–Crippen MR) is 85.0 cm³/mol. The van der Waals surface area contributed by atoms with Crippen molar-refractivity contribution < 1.29 is 22.7 Å². The highest BCUT2D eigenvalue weighted by Crippen LogP contribution is 2.29. The zero-order valence-electron chi connectivity index (χ0n) is 12.8. The van der Waals surface area contributed by atoms with Gasteiger partial charge in [0.2, 0.25) is 0 Å². The lowest BCUT2D eigenvalue weighted by Gasteiger charge is -2.10. The molecule has 4 nitrogen and oxygen atoms in total. The minimum atomic E-state index is -4.39. The van der Waals surface area contributed by atoms with E-state index in [1.165, 1.54) is 12.1 Å². The van der Waals surface area contributed by atoms with Crippen molar-refractivity contribution in [3.63, 3.8) is 0 Å². The maximum Gasteiger partial charge on any atom is 0.416 e. The summed E-state index contributed by atoms with van der Waals surface area (Å²) in [5.41, 5.74) is -0.465. The van der Waals surface area contributed by atoms with Gasteiger partial charge in [0.25, 0.3) is 0 Å². The average molecular weight is 338 g/mol. The maximum absolute atomic E-state index is 12.4. The monoisotopic (exact) mass is 338 g/mol. The summed E-state index contributed by atoms with van der Waals surface area (Å²) in [6.07, 6.45) is -3.78. The van der Waals surface area contributed by atoms with Crippen molar-refractivity contribution >= 4 is 11.7 Å². The average Bonchev–Trinajstić information content (AvgIpc) is 2.55. The lowest BCUT2D eigenvalue weighted by atomic mass is 10.2. The molecular weight excluding hydrogens is 321 g/mol. The molecule has 0 saturated heterocycles. The third kappa shape index (κ3) is 5.83. The summed E-state index contributed by atoms with van der Waals surface area (Å²) >= 11 is 0. The van der Waals surface area contributed by atoms with Crippen LogP contribution in [0.2, 0.25) is 0 Å². The van der Waals surface area contributed by atoms with E-state index in [4.69, 9.17) is 4.74 Å². The van der Waals surface area contributed by atoms with E-state index in [2.05, 4.69) is 10.6 Å². The van der Waals surface area contributed by atoms with Crippen LogP contribution in [0.1, 0.15) is 12.0 Å². The summed E-state index contributed by atoms with van der Waals surface area (Å²) in [7, 11) is 0. The van der Waals surface area contributed by atoms with Crippen molar-refractivity contribution in [2.75, 3.05) is 18.5 Å². The van der Waals surface area contributed by atoms with Crippen molar-refractivity contribution in [3.05, 3.63) is 60.2 Å². The zero-order chi connectivity index (χ0) is 17.4. The number of carbonyl (C=O) groups excluding carboxylic acids is 1. The summed E-state index contributed by atoms with van der Waals surface area (Å²) in [5, 5.41) is 5.08. The Hall–Kier alpha value is -2.70. The van der Waals surface area contributed by atoms with Crippen LogP contribution in [0.3, 0.4) is 0 Å². The van der Waals surface area contributed by atoms with E-state index in [0.717, 1.165) is 17.9 Å². The number of halogens is 3. The summed E-state index contributed by atoms with van der Waals surface area (Å²) in [6.45, 7) is 0.837. The van der Waals surface area contributed by atoms with Crippen LogP contribution in [0.5, 0.6) is 5.75 Å². The van der Waals surface area contributed by atoms with Crippen LogP contribution in [-0.2, 0) is 6.18 Å². The number of carbonyl (C=O) groups is 1. The number of anilines is 1. The van der Waals surface area contributed by atoms with Crippen molar-refractivity contribution in [1.29, 1.82) is 0 Å². The van der Waals surface area contributed by atoms with Gasteiger partial charge >= 0.3 is 12.2 Å². The molecule has 0 saturated carbocycles. The number of hydrogen-bond donors (Lipinski definition) is 2. The number of nitrogens with one attached hydrogen (secondary N) is 2. The Kier molecular flexibility index (Phi) is 6.06. The van der Waals surface area contributed by atoms with Gasteiger partial charge in [-0.25, -0.2) is 4.79 Å². The fourth-order valence-corrected chi connectivity index (χ4v) is 1.90. The fraction of sp³-hybridized carbons (Fsp3) is 0.235. The molecule has 0 spiro atoms.